The van der Waals surface area contributed by atoms with E-state index in [9.17, 15) is 9.18 Å². The highest BCUT2D eigenvalue weighted by molar-refractivity contribution is 5.94. The summed E-state index contributed by atoms with van der Waals surface area (Å²) in [6, 6.07) is 17.9. The van der Waals surface area contributed by atoms with E-state index >= 15 is 0 Å². The van der Waals surface area contributed by atoms with Crippen molar-refractivity contribution in [3.05, 3.63) is 71.5 Å². The van der Waals surface area contributed by atoms with Crippen molar-refractivity contribution in [3.63, 3.8) is 0 Å². The molecule has 2 aromatic rings. The molecule has 2 fully saturated rings. The molecule has 4 rings (SSSR count). The van der Waals surface area contributed by atoms with Crippen molar-refractivity contribution in [1.82, 2.24) is 4.90 Å². The average molecular weight is 367 g/mol. The number of hydrogen-bond donors (Lipinski definition) is 1. The van der Waals surface area contributed by atoms with Crippen LogP contribution in [0.2, 0.25) is 0 Å². The molecule has 1 saturated heterocycles. The van der Waals surface area contributed by atoms with E-state index in [1.54, 1.807) is 23.1 Å². The molecule has 0 atom stereocenters. The zero-order chi connectivity index (χ0) is 18.6. The lowest BCUT2D eigenvalue weighted by molar-refractivity contribution is -0.930. The Morgan fingerprint density at radius 3 is 2.19 bits per heavy atom. The van der Waals surface area contributed by atoms with Gasteiger partial charge in [-0.05, 0) is 49.3 Å². The number of nitrogens with one attached hydrogen (secondary N) is 1. The minimum absolute atomic E-state index is 0.167. The van der Waals surface area contributed by atoms with Crippen LogP contribution in [0.1, 0.15) is 47.5 Å². The second kappa shape index (κ2) is 8.22. The number of nitrogens with zero attached hydrogens (tertiary/aromatic N) is 1. The second-order valence-corrected chi connectivity index (χ2v) is 7.89. The van der Waals surface area contributed by atoms with Crippen LogP contribution in [0.25, 0.3) is 0 Å². The first-order valence-electron chi connectivity index (χ1n) is 10.2. The number of rotatable bonds is 3. The minimum atomic E-state index is -0.420. The second-order valence-electron chi connectivity index (χ2n) is 7.89. The van der Waals surface area contributed by atoms with E-state index in [1.807, 2.05) is 4.90 Å². The predicted octanol–water partition coefficient (Wildman–Crippen LogP) is 2.89. The molecule has 4 heteroatoms. The van der Waals surface area contributed by atoms with Crippen LogP contribution in [0, 0.1) is 5.82 Å². The van der Waals surface area contributed by atoms with E-state index in [0.29, 0.717) is 12.0 Å². The summed E-state index contributed by atoms with van der Waals surface area (Å²) >= 11 is 0. The molecule has 2 aliphatic rings. The maximum atomic E-state index is 13.9. The summed E-state index contributed by atoms with van der Waals surface area (Å²) in [5.41, 5.74) is 1.68. The van der Waals surface area contributed by atoms with Gasteiger partial charge in [0.25, 0.3) is 5.91 Å². The number of carbonyl (C=O) groups is 1. The van der Waals surface area contributed by atoms with Crippen molar-refractivity contribution < 1.29 is 14.1 Å². The number of carbonyl (C=O) groups excluding carboxylic acids is 1. The predicted molar refractivity (Wildman–Crippen MR) is 104 cm³/mol. The standard InChI is InChI=1S/C23H27FN2O/c24-22-9-5-4-8-21(22)23(27)26-16-14-25(15-17-26)20-12-10-19(11-13-20)18-6-2-1-3-7-18/h1-9,19-20H,10-17H2/p+1. The number of piperazine rings is 1. The fourth-order valence-corrected chi connectivity index (χ4v) is 4.77. The van der Waals surface area contributed by atoms with Gasteiger partial charge >= 0.3 is 0 Å². The lowest BCUT2D eigenvalue weighted by atomic mass is 9.81. The zero-order valence-electron chi connectivity index (χ0n) is 15.7. The highest BCUT2D eigenvalue weighted by atomic mass is 19.1. The molecule has 0 spiro atoms. The number of quaternary nitrogens is 1. The molecule has 1 amide bonds. The fourth-order valence-electron chi connectivity index (χ4n) is 4.77. The van der Waals surface area contributed by atoms with Crippen molar-refractivity contribution in [1.29, 1.82) is 0 Å². The first-order valence-corrected chi connectivity index (χ1v) is 10.2. The maximum Gasteiger partial charge on any atom is 0.257 e. The lowest BCUT2D eigenvalue weighted by Crippen LogP contribution is -3.18. The molecule has 2 aromatic carbocycles. The van der Waals surface area contributed by atoms with Crippen LogP contribution < -0.4 is 4.90 Å². The van der Waals surface area contributed by atoms with Gasteiger partial charge in [-0.2, -0.15) is 0 Å². The van der Waals surface area contributed by atoms with Crippen LogP contribution in [-0.4, -0.2) is 43.0 Å². The van der Waals surface area contributed by atoms with Gasteiger partial charge in [0.05, 0.1) is 37.8 Å². The van der Waals surface area contributed by atoms with Crippen LogP contribution in [0.4, 0.5) is 4.39 Å². The monoisotopic (exact) mass is 367 g/mol. The van der Waals surface area contributed by atoms with Crippen molar-refractivity contribution in [2.24, 2.45) is 0 Å². The molecule has 142 valence electrons. The quantitative estimate of drug-likeness (QED) is 0.887. The molecule has 0 unspecified atom stereocenters. The number of amides is 1. The molecule has 1 aliphatic carbocycles. The number of halogens is 1. The third-order valence-electron chi connectivity index (χ3n) is 6.37. The molecule has 0 radical (unpaired) electrons. The summed E-state index contributed by atoms with van der Waals surface area (Å²) in [7, 11) is 0. The largest absolute Gasteiger partial charge is 0.330 e. The van der Waals surface area contributed by atoms with Gasteiger partial charge in [0.2, 0.25) is 0 Å². The van der Waals surface area contributed by atoms with Crippen molar-refractivity contribution in [2.75, 3.05) is 26.2 Å². The Hall–Kier alpha value is -2.20. The number of benzene rings is 2. The van der Waals surface area contributed by atoms with Gasteiger partial charge in [0.1, 0.15) is 5.82 Å². The molecule has 0 bridgehead atoms. The normalized spacial score (nSPS) is 24.0. The molecular formula is C23H28FN2O+. The molecule has 1 saturated carbocycles. The van der Waals surface area contributed by atoms with E-state index in [0.717, 1.165) is 26.2 Å². The van der Waals surface area contributed by atoms with Crippen LogP contribution in [-0.2, 0) is 0 Å². The van der Waals surface area contributed by atoms with E-state index in [1.165, 1.54) is 37.3 Å². The van der Waals surface area contributed by atoms with Gasteiger partial charge in [-0.1, -0.05) is 42.5 Å². The average Bonchev–Trinajstić information content (AvgIpc) is 2.74. The molecule has 1 heterocycles. The van der Waals surface area contributed by atoms with Crippen molar-refractivity contribution in [2.45, 2.75) is 37.6 Å². The first kappa shape index (κ1) is 18.2. The summed E-state index contributed by atoms with van der Waals surface area (Å²) in [4.78, 5) is 16.0. The Labute approximate surface area is 160 Å². The molecule has 3 nitrogen and oxygen atoms in total. The number of hydrogen-bond acceptors (Lipinski definition) is 1. The molecular weight excluding hydrogens is 339 g/mol. The van der Waals surface area contributed by atoms with Crippen LogP contribution in [0.5, 0.6) is 0 Å². The molecule has 27 heavy (non-hydrogen) atoms. The third-order valence-corrected chi connectivity index (χ3v) is 6.37. The van der Waals surface area contributed by atoms with Gasteiger partial charge in [-0.15, -0.1) is 0 Å². The van der Waals surface area contributed by atoms with E-state index in [2.05, 4.69) is 30.3 Å². The van der Waals surface area contributed by atoms with E-state index in [4.69, 9.17) is 0 Å². The van der Waals surface area contributed by atoms with Crippen molar-refractivity contribution in [3.8, 4) is 0 Å². The van der Waals surface area contributed by atoms with Crippen LogP contribution in [0.15, 0.2) is 54.6 Å². The molecule has 0 aromatic heterocycles. The summed E-state index contributed by atoms with van der Waals surface area (Å²) in [6.45, 7) is 3.39. The van der Waals surface area contributed by atoms with E-state index in [-0.39, 0.29) is 11.5 Å². The first-order chi connectivity index (χ1) is 13.2. The van der Waals surface area contributed by atoms with Gasteiger partial charge in [0, 0.05) is 0 Å². The minimum Gasteiger partial charge on any atom is -0.330 e. The van der Waals surface area contributed by atoms with Gasteiger partial charge in [-0.3, -0.25) is 4.79 Å². The van der Waals surface area contributed by atoms with Gasteiger partial charge in [-0.25, -0.2) is 4.39 Å². The van der Waals surface area contributed by atoms with Gasteiger partial charge in [0.15, 0.2) is 0 Å². The van der Waals surface area contributed by atoms with Crippen molar-refractivity contribution >= 4 is 5.91 Å². The third kappa shape index (κ3) is 4.06. The van der Waals surface area contributed by atoms with Gasteiger partial charge < -0.3 is 9.80 Å². The highest BCUT2D eigenvalue weighted by Crippen LogP contribution is 2.31. The Balaban J connectivity index is 1.29. The Morgan fingerprint density at radius 2 is 1.52 bits per heavy atom. The summed E-state index contributed by atoms with van der Waals surface area (Å²) in [5, 5.41) is 0. The highest BCUT2D eigenvalue weighted by Gasteiger charge is 2.33. The zero-order valence-corrected chi connectivity index (χ0v) is 15.7. The Kier molecular flexibility index (Phi) is 5.53. The van der Waals surface area contributed by atoms with Crippen LogP contribution >= 0.6 is 0 Å². The topological polar surface area (TPSA) is 24.8 Å². The maximum absolute atomic E-state index is 13.9. The Morgan fingerprint density at radius 1 is 0.889 bits per heavy atom. The van der Waals surface area contributed by atoms with E-state index < -0.39 is 5.82 Å². The fraction of sp³-hybridized carbons (Fsp3) is 0.435. The Bertz CT molecular complexity index is 763. The van der Waals surface area contributed by atoms with Crippen LogP contribution in [0.3, 0.4) is 0 Å². The molecule has 1 N–H and O–H groups in total. The smallest absolute Gasteiger partial charge is 0.257 e. The molecule has 1 aliphatic heterocycles. The SMILES string of the molecule is O=C(c1ccccc1F)N1CC[NH+](C2CCC(c3ccccc3)CC2)CC1. The lowest BCUT2D eigenvalue weighted by Gasteiger charge is -2.39. The summed E-state index contributed by atoms with van der Waals surface area (Å²) in [5.74, 6) is 0.113. The summed E-state index contributed by atoms with van der Waals surface area (Å²) < 4.78 is 13.9. The summed E-state index contributed by atoms with van der Waals surface area (Å²) in [6.07, 6.45) is 5.04.